The number of nitrogens with zero attached hydrogens (tertiary/aromatic N) is 2. The van der Waals surface area contributed by atoms with Gasteiger partial charge in [0.1, 0.15) is 17.3 Å². The van der Waals surface area contributed by atoms with Gasteiger partial charge in [-0.1, -0.05) is 12.1 Å². The summed E-state index contributed by atoms with van der Waals surface area (Å²) in [5, 5.41) is 16.0. The number of hydrogen-bond acceptors (Lipinski definition) is 7. The number of benzene rings is 1. The van der Waals surface area contributed by atoms with Gasteiger partial charge in [0.05, 0.1) is 21.8 Å². The monoisotopic (exact) mass is 423 g/mol. The normalized spacial score (nSPS) is 11.4. The van der Waals surface area contributed by atoms with Crippen LogP contribution in [-0.4, -0.2) is 40.7 Å². The minimum Gasteiger partial charge on any atom is -0.478 e. The number of aromatic nitrogens is 3. The summed E-state index contributed by atoms with van der Waals surface area (Å²) < 4.78 is 24.2. The van der Waals surface area contributed by atoms with Gasteiger partial charge in [0, 0.05) is 30.1 Å². The van der Waals surface area contributed by atoms with Crippen LogP contribution in [0.3, 0.4) is 0 Å². The number of pyridine rings is 2. The quantitative estimate of drug-likeness (QED) is 0.369. The molecule has 3 aromatic heterocycles. The smallest absolute Gasteiger partial charge is 0.337 e. The molecule has 0 fully saturated rings. The molecule has 0 spiro atoms. The van der Waals surface area contributed by atoms with Crippen LogP contribution in [0.15, 0.2) is 65.8 Å². The van der Waals surface area contributed by atoms with Crippen molar-refractivity contribution in [2.45, 2.75) is 4.90 Å². The molecule has 0 aliphatic rings. The fourth-order valence-electron chi connectivity index (χ4n) is 2.97. The van der Waals surface area contributed by atoms with E-state index in [1.54, 1.807) is 36.5 Å². The molecule has 3 heterocycles. The maximum absolute atomic E-state index is 12.1. The Morgan fingerprint density at radius 1 is 1.03 bits per heavy atom. The van der Waals surface area contributed by atoms with Crippen LogP contribution in [-0.2, 0) is 9.84 Å². The fourth-order valence-corrected chi connectivity index (χ4v) is 3.81. The first-order valence-corrected chi connectivity index (χ1v) is 10.7. The van der Waals surface area contributed by atoms with Crippen LogP contribution in [0.25, 0.3) is 11.0 Å². The number of H-pyrrole nitrogens is 1. The van der Waals surface area contributed by atoms with Crippen molar-refractivity contribution in [3.05, 3.63) is 66.5 Å². The second-order valence-electron chi connectivity index (χ2n) is 6.55. The molecular formula is C20H17N5O4S. The highest BCUT2D eigenvalue weighted by molar-refractivity contribution is 7.90. The standard InChI is InChI=1S/C20H17N5O4S/c1-30(28,29)16-5-3-2-4-14(16)23-15-10-18(25-19-13(15)8-9-21-19)24-17-7-6-12(11-22-17)20(26)27/h2-11H,1H3,(H,26,27)(H3,21,22,23,24,25). The molecule has 9 nitrogen and oxygen atoms in total. The van der Waals surface area contributed by atoms with Crippen molar-refractivity contribution < 1.29 is 18.3 Å². The summed E-state index contributed by atoms with van der Waals surface area (Å²) in [6, 6.07) is 13.2. The molecule has 4 rings (SSSR count). The number of fused-ring (bicyclic) bond motifs is 1. The molecule has 0 aliphatic heterocycles. The second kappa shape index (κ2) is 7.48. The lowest BCUT2D eigenvalue weighted by Crippen LogP contribution is -2.04. The van der Waals surface area contributed by atoms with Gasteiger partial charge in [-0.3, -0.25) is 0 Å². The number of aromatic carboxylic acids is 1. The van der Waals surface area contributed by atoms with E-state index in [1.807, 2.05) is 6.07 Å². The summed E-state index contributed by atoms with van der Waals surface area (Å²) in [5.74, 6) is -0.197. The SMILES string of the molecule is CS(=O)(=O)c1ccccc1Nc1cc(Nc2ccc(C(=O)O)cn2)nc2[nH]ccc12. The number of rotatable bonds is 6. The lowest BCUT2D eigenvalue weighted by molar-refractivity contribution is 0.0696. The van der Waals surface area contributed by atoms with Crippen molar-refractivity contribution >= 4 is 49.9 Å². The van der Waals surface area contributed by atoms with E-state index in [2.05, 4.69) is 25.6 Å². The van der Waals surface area contributed by atoms with Gasteiger partial charge in [-0.15, -0.1) is 0 Å². The Kier molecular flexibility index (Phi) is 4.84. The van der Waals surface area contributed by atoms with E-state index >= 15 is 0 Å². The zero-order valence-corrected chi connectivity index (χ0v) is 16.6. The topological polar surface area (TPSA) is 137 Å². The number of carboxylic acids is 1. The van der Waals surface area contributed by atoms with Crippen LogP contribution in [0.4, 0.5) is 23.0 Å². The summed E-state index contributed by atoms with van der Waals surface area (Å²) in [6.45, 7) is 0. The molecule has 152 valence electrons. The maximum Gasteiger partial charge on any atom is 0.337 e. The number of carbonyl (C=O) groups is 1. The largest absolute Gasteiger partial charge is 0.478 e. The van der Waals surface area contributed by atoms with Crippen molar-refractivity contribution in [1.82, 2.24) is 15.0 Å². The van der Waals surface area contributed by atoms with Crippen molar-refractivity contribution in [3.8, 4) is 0 Å². The first-order valence-electron chi connectivity index (χ1n) is 8.82. The first-order chi connectivity index (χ1) is 14.3. The highest BCUT2D eigenvalue weighted by Gasteiger charge is 2.15. The summed E-state index contributed by atoms with van der Waals surface area (Å²) in [7, 11) is -3.42. The lowest BCUT2D eigenvalue weighted by Gasteiger charge is -2.13. The van der Waals surface area contributed by atoms with Gasteiger partial charge in [-0.25, -0.2) is 23.2 Å². The van der Waals surface area contributed by atoms with Gasteiger partial charge in [-0.05, 0) is 30.3 Å². The van der Waals surface area contributed by atoms with E-state index in [1.165, 1.54) is 18.3 Å². The fraction of sp³-hybridized carbons (Fsp3) is 0.0500. The average molecular weight is 423 g/mol. The molecule has 0 amide bonds. The van der Waals surface area contributed by atoms with Gasteiger partial charge < -0.3 is 20.7 Å². The van der Waals surface area contributed by atoms with Crippen LogP contribution in [0.5, 0.6) is 0 Å². The van der Waals surface area contributed by atoms with E-state index in [-0.39, 0.29) is 10.5 Å². The molecule has 0 atom stereocenters. The number of sulfone groups is 1. The molecule has 10 heteroatoms. The molecule has 0 unspecified atom stereocenters. The number of aromatic amines is 1. The zero-order chi connectivity index (χ0) is 21.3. The molecule has 0 aliphatic carbocycles. The van der Waals surface area contributed by atoms with Crippen LogP contribution in [0.2, 0.25) is 0 Å². The van der Waals surface area contributed by atoms with E-state index in [0.29, 0.717) is 28.7 Å². The zero-order valence-electron chi connectivity index (χ0n) is 15.7. The van der Waals surface area contributed by atoms with Crippen LogP contribution >= 0.6 is 0 Å². The van der Waals surface area contributed by atoms with Crippen molar-refractivity contribution in [2.75, 3.05) is 16.9 Å². The van der Waals surface area contributed by atoms with E-state index in [4.69, 9.17) is 5.11 Å². The molecule has 30 heavy (non-hydrogen) atoms. The van der Waals surface area contributed by atoms with E-state index < -0.39 is 15.8 Å². The maximum atomic E-state index is 12.1. The minimum absolute atomic E-state index is 0.0769. The molecule has 0 saturated heterocycles. The number of nitrogens with one attached hydrogen (secondary N) is 3. The first kappa shape index (κ1) is 19.4. The third kappa shape index (κ3) is 3.94. The van der Waals surface area contributed by atoms with Gasteiger partial charge in [0.2, 0.25) is 0 Å². The average Bonchev–Trinajstić information content (AvgIpc) is 3.17. The lowest BCUT2D eigenvalue weighted by atomic mass is 10.2. The third-order valence-electron chi connectivity index (χ3n) is 4.35. The molecule has 0 radical (unpaired) electrons. The number of anilines is 4. The summed E-state index contributed by atoms with van der Waals surface area (Å²) in [5.41, 5.74) is 1.75. The number of carboxylic acid groups (broad SMARTS) is 1. The number of hydrogen-bond donors (Lipinski definition) is 4. The highest BCUT2D eigenvalue weighted by atomic mass is 32.2. The molecule has 0 saturated carbocycles. The Balaban J connectivity index is 1.71. The van der Waals surface area contributed by atoms with Gasteiger partial charge >= 0.3 is 5.97 Å². The summed E-state index contributed by atoms with van der Waals surface area (Å²) in [6.07, 6.45) is 4.14. The third-order valence-corrected chi connectivity index (χ3v) is 5.51. The molecule has 1 aromatic carbocycles. The Bertz CT molecular complexity index is 1350. The van der Waals surface area contributed by atoms with Crippen LogP contribution < -0.4 is 10.6 Å². The number of para-hydroxylation sites is 1. The van der Waals surface area contributed by atoms with Gasteiger partial charge in [0.15, 0.2) is 9.84 Å². The molecule has 0 bridgehead atoms. The predicted molar refractivity (Wildman–Crippen MR) is 113 cm³/mol. The Morgan fingerprint density at radius 3 is 2.53 bits per heavy atom. The van der Waals surface area contributed by atoms with Crippen LogP contribution in [0, 0.1) is 0 Å². The molecular weight excluding hydrogens is 406 g/mol. The van der Waals surface area contributed by atoms with Crippen molar-refractivity contribution in [1.29, 1.82) is 0 Å². The Morgan fingerprint density at radius 2 is 1.83 bits per heavy atom. The van der Waals surface area contributed by atoms with E-state index in [0.717, 1.165) is 11.6 Å². The predicted octanol–water partition coefficient (Wildman–Crippen LogP) is 3.55. The van der Waals surface area contributed by atoms with Crippen molar-refractivity contribution in [3.63, 3.8) is 0 Å². The van der Waals surface area contributed by atoms with Gasteiger partial charge in [-0.2, -0.15) is 0 Å². The highest BCUT2D eigenvalue weighted by Crippen LogP contribution is 2.31. The summed E-state index contributed by atoms with van der Waals surface area (Å²) >= 11 is 0. The Hall–Kier alpha value is -3.92. The van der Waals surface area contributed by atoms with Crippen LogP contribution in [0.1, 0.15) is 10.4 Å². The summed E-state index contributed by atoms with van der Waals surface area (Å²) in [4.78, 5) is 22.8. The minimum atomic E-state index is -3.42. The van der Waals surface area contributed by atoms with Crippen molar-refractivity contribution in [2.24, 2.45) is 0 Å². The van der Waals surface area contributed by atoms with E-state index in [9.17, 15) is 13.2 Å². The molecule has 4 aromatic rings. The Labute approximate surface area is 171 Å². The van der Waals surface area contributed by atoms with Gasteiger partial charge in [0.25, 0.3) is 0 Å². The second-order valence-corrected chi connectivity index (χ2v) is 8.53. The molecule has 4 N–H and O–H groups in total.